The summed E-state index contributed by atoms with van der Waals surface area (Å²) in [5, 5.41) is 9.19. The molecule has 164 valence electrons. The fourth-order valence-electron chi connectivity index (χ4n) is 2.95. The average Bonchev–Trinajstić information content (AvgIpc) is 3.39. The minimum Gasteiger partial charge on any atom is -0.457 e. The zero-order valence-corrected chi connectivity index (χ0v) is 17.8. The van der Waals surface area contributed by atoms with Gasteiger partial charge in [-0.2, -0.15) is 5.10 Å². The van der Waals surface area contributed by atoms with E-state index in [-0.39, 0.29) is 17.4 Å². The van der Waals surface area contributed by atoms with Crippen LogP contribution in [0.15, 0.2) is 55.1 Å². The monoisotopic (exact) mass is 435 g/mol. The Labute approximate surface area is 183 Å². The predicted molar refractivity (Wildman–Crippen MR) is 118 cm³/mol. The molecule has 9 nitrogen and oxygen atoms in total. The number of benzene rings is 1. The molecule has 0 radical (unpaired) electrons. The smallest absolute Gasteiger partial charge is 0.324 e. The molecular weight excluding hydrogens is 413 g/mol. The maximum atomic E-state index is 14.5. The molecule has 0 aliphatic heterocycles. The Morgan fingerprint density at radius 2 is 1.94 bits per heavy atom. The molecule has 0 fully saturated rings. The number of pyridine rings is 1. The van der Waals surface area contributed by atoms with Crippen molar-refractivity contribution in [1.29, 1.82) is 0 Å². The number of rotatable bonds is 6. The number of carbonyl (C=O) groups excluding carboxylic acids is 1. The Kier molecular flexibility index (Phi) is 5.84. The van der Waals surface area contributed by atoms with E-state index < -0.39 is 11.8 Å². The fourth-order valence-corrected chi connectivity index (χ4v) is 2.95. The highest BCUT2D eigenvalue weighted by molar-refractivity contribution is 5.99. The third-order valence-electron chi connectivity index (χ3n) is 4.55. The van der Waals surface area contributed by atoms with Gasteiger partial charge in [0.2, 0.25) is 0 Å². The summed E-state index contributed by atoms with van der Waals surface area (Å²) >= 11 is 0. The van der Waals surface area contributed by atoms with Crippen molar-refractivity contribution in [3.63, 3.8) is 0 Å². The highest BCUT2D eigenvalue weighted by Gasteiger charge is 2.12. The van der Waals surface area contributed by atoms with E-state index in [1.165, 1.54) is 18.3 Å². The molecule has 0 atom stereocenters. The molecule has 0 unspecified atom stereocenters. The first-order valence-corrected chi connectivity index (χ1v) is 9.93. The SMILES string of the molecule is CC(C)c1ncc(NC(=O)Nc2ccc(Oc3ccnc(-c4cnn(C)c4)c3)cc2F)[nH]1. The summed E-state index contributed by atoms with van der Waals surface area (Å²) in [5.41, 5.74) is 1.54. The number of H-pyrrole nitrogens is 1. The van der Waals surface area contributed by atoms with Crippen LogP contribution in [0.1, 0.15) is 25.6 Å². The minimum atomic E-state index is -0.633. The number of aromatic amines is 1. The van der Waals surface area contributed by atoms with Crippen LogP contribution >= 0.6 is 0 Å². The van der Waals surface area contributed by atoms with Crippen molar-refractivity contribution in [2.75, 3.05) is 10.6 Å². The van der Waals surface area contributed by atoms with Crippen molar-refractivity contribution in [2.24, 2.45) is 7.05 Å². The lowest BCUT2D eigenvalue weighted by atomic mass is 10.2. The van der Waals surface area contributed by atoms with E-state index in [9.17, 15) is 9.18 Å². The molecule has 3 heterocycles. The van der Waals surface area contributed by atoms with Gasteiger partial charge in [-0.25, -0.2) is 14.2 Å². The molecule has 3 N–H and O–H groups in total. The molecule has 10 heteroatoms. The number of anilines is 2. The van der Waals surface area contributed by atoms with E-state index in [4.69, 9.17) is 4.74 Å². The third-order valence-corrected chi connectivity index (χ3v) is 4.55. The first kappa shape index (κ1) is 21.0. The molecule has 0 spiro atoms. The van der Waals surface area contributed by atoms with Crippen LogP contribution in [0.25, 0.3) is 11.3 Å². The summed E-state index contributed by atoms with van der Waals surface area (Å²) < 4.78 is 22.0. The summed E-state index contributed by atoms with van der Waals surface area (Å²) in [6.45, 7) is 3.96. The van der Waals surface area contributed by atoms with E-state index in [1.807, 2.05) is 27.1 Å². The van der Waals surface area contributed by atoms with Gasteiger partial charge < -0.3 is 15.0 Å². The van der Waals surface area contributed by atoms with Gasteiger partial charge in [0.25, 0.3) is 0 Å². The van der Waals surface area contributed by atoms with Crippen LogP contribution in [0.4, 0.5) is 20.7 Å². The molecule has 4 rings (SSSR count). The van der Waals surface area contributed by atoms with Crippen molar-refractivity contribution >= 4 is 17.5 Å². The summed E-state index contributed by atoms with van der Waals surface area (Å²) in [5.74, 6) is 1.51. The maximum absolute atomic E-state index is 14.5. The molecule has 1 aromatic carbocycles. The molecule has 0 saturated heterocycles. The van der Waals surface area contributed by atoms with Crippen LogP contribution in [0.2, 0.25) is 0 Å². The van der Waals surface area contributed by atoms with Crippen molar-refractivity contribution in [3.05, 3.63) is 66.8 Å². The number of hydrogen-bond acceptors (Lipinski definition) is 5. The quantitative estimate of drug-likeness (QED) is 0.399. The molecule has 0 saturated carbocycles. The van der Waals surface area contributed by atoms with Crippen molar-refractivity contribution in [1.82, 2.24) is 24.7 Å². The molecule has 2 amide bonds. The number of hydrogen-bond donors (Lipinski definition) is 3. The van der Waals surface area contributed by atoms with Gasteiger partial charge in [-0.3, -0.25) is 15.0 Å². The molecular formula is C22H22FN7O2. The van der Waals surface area contributed by atoms with Crippen molar-refractivity contribution in [3.8, 4) is 22.8 Å². The molecule has 32 heavy (non-hydrogen) atoms. The van der Waals surface area contributed by atoms with E-state index in [0.717, 1.165) is 11.4 Å². The van der Waals surface area contributed by atoms with Gasteiger partial charge in [0, 0.05) is 43.1 Å². The van der Waals surface area contributed by atoms with E-state index in [0.29, 0.717) is 17.3 Å². The first-order valence-electron chi connectivity index (χ1n) is 9.93. The van der Waals surface area contributed by atoms with Gasteiger partial charge in [0.05, 0.1) is 23.8 Å². The first-order chi connectivity index (χ1) is 15.4. The summed E-state index contributed by atoms with van der Waals surface area (Å²) in [6.07, 6.45) is 6.65. The molecule has 0 bridgehead atoms. The second-order valence-corrected chi connectivity index (χ2v) is 7.44. The lowest BCUT2D eigenvalue weighted by molar-refractivity contribution is 0.262. The van der Waals surface area contributed by atoms with E-state index >= 15 is 0 Å². The van der Waals surface area contributed by atoms with Crippen LogP contribution in [0.5, 0.6) is 11.5 Å². The summed E-state index contributed by atoms with van der Waals surface area (Å²) in [7, 11) is 1.82. The van der Waals surface area contributed by atoms with Gasteiger partial charge in [0.15, 0.2) is 0 Å². The van der Waals surface area contributed by atoms with Crippen molar-refractivity contribution in [2.45, 2.75) is 19.8 Å². The van der Waals surface area contributed by atoms with Gasteiger partial charge >= 0.3 is 6.03 Å². The van der Waals surface area contributed by atoms with E-state index in [1.54, 1.807) is 35.3 Å². The van der Waals surface area contributed by atoms with Crippen molar-refractivity contribution < 1.29 is 13.9 Å². The standard InChI is InChI=1S/C22H22FN7O2/c1-13(2)21-25-11-20(28-21)29-22(31)27-18-5-4-15(8-17(18)23)32-16-6-7-24-19(9-16)14-10-26-30(3)12-14/h4-13H,1-3H3,(H,25,28)(H2,27,29,31). The lowest BCUT2D eigenvalue weighted by Crippen LogP contribution is -2.20. The molecule has 3 aromatic heterocycles. The predicted octanol–water partition coefficient (Wildman–Crippen LogP) is 4.90. The highest BCUT2D eigenvalue weighted by atomic mass is 19.1. The Morgan fingerprint density at radius 3 is 2.62 bits per heavy atom. The summed E-state index contributed by atoms with van der Waals surface area (Å²) in [4.78, 5) is 23.7. The van der Waals surface area contributed by atoms with Gasteiger partial charge in [0.1, 0.15) is 29.0 Å². The third kappa shape index (κ3) is 4.91. The van der Waals surface area contributed by atoms with Gasteiger partial charge in [-0.1, -0.05) is 13.8 Å². The van der Waals surface area contributed by atoms with Gasteiger partial charge in [-0.15, -0.1) is 0 Å². The Hall–Kier alpha value is -4.21. The van der Waals surface area contributed by atoms with E-state index in [2.05, 4.69) is 30.7 Å². The number of amides is 2. The number of halogens is 1. The normalized spacial score (nSPS) is 10.9. The Balaban J connectivity index is 1.41. The number of aryl methyl sites for hydroxylation is 1. The average molecular weight is 435 g/mol. The maximum Gasteiger partial charge on any atom is 0.324 e. The Bertz CT molecular complexity index is 1250. The number of ether oxygens (including phenoxy) is 1. The zero-order chi connectivity index (χ0) is 22.7. The molecule has 4 aromatic rings. The number of carbonyl (C=O) groups is 1. The lowest BCUT2D eigenvalue weighted by Gasteiger charge is -2.10. The van der Waals surface area contributed by atoms with Crippen LogP contribution in [-0.4, -0.2) is 30.8 Å². The minimum absolute atomic E-state index is 0.0178. The highest BCUT2D eigenvalue weighted by Crippen LogP contribution is 2.28. The van der Waals surface area contributed by atoms with Gasteiger partial charge in [-0.05, 0) is 18.2 Å². The second-order valence-electron chi connectivity index (χ2n) is 7.44. The number of nitrogens with zero attached hydrogens (tertiary/aromatic N) is 4. The van der Waals surface area contributed by atoms with Crippen LogP contribution in [0.3, 0.4) is 0 Å². The topological polar surface area (TPSA) is 110 Å². The molecule has 0 aliphatic carbocycles. The number of imidazole rings is 1. The van der Waals surface area contributed by atoms with Crippen LogP contribution in [0, 0.1) is 5.82 Å². The largest absolute Gasteiger partial charge is 0.457 e. The van der Waals surface area contributed by atoms with Crippen LogP contribution < -0.4 is 15.4 Å². The summed E-state index contributed by atoms with van der Waals surface area (Å²) in [6, 6.07) is 7.02. The number of nitrogens with one attached hydrogen (secondary N) is 3. The molecule has 0 aliphatic rings. The van der Waals surface area contributed by atoms with Crippen LogP contribution in [-0.2, 0) is 7.05 Å². The Morgan fingerprint density at radius 1 is 1.12 bits per heavy atom. The zero-order valence-electron chi connectivity index (χ0n) is 17.8. The fraction of sp³-hybridized carbons (Fsp3) is 0.182. The number of urea groups is 1. The second kappa shape index (κ2) is 8.88. The number of aromatic nitrogens is 5.